The van der Waals surface area contributed by atoms with Gasteiger partial charge in [-0.05, 0) is 37.5 Å². The maximum absolute atomic E-state index is 12.0. The first kappa shape index (κ1) is 19.1. The van der Waals surface area contributed by atoms with Crippen LogP contribution in [0, 0.1) is 0 Å². The van der Waals surface area contributed by atoms with Crippen LogP contribution in [0.4, 0.5) is 4.79 Å². The molecule has 0 aliphatic carbocycles. The van der Waals surface area contributed by atoms with Crippen molar-refractivity contribution in [3.63, 3.8) is 0 Å². The fourth-order valence-electron chi connectivity index (χ4n) is 2.70. The lowest BCUT2D eigenvalue weighted by atomic mass is 10.1. The van der Waals surface area contributed by atoms with Crippen LogP contribution in [0.2, 0.25) is 0 Å². The summed E-state index contributed by atoms with van der Waals surface area (Å²) in [6.07, 6.45) is 1.74. The minimum Gasteiger partial charge on any atom is -0.484 e. The molecule has 0 saturated carbocycles. The number of methoxy groups -OCH3 is 1. The average Bonchev–Trinajstić information content (AvgIpc) is 3.18. The third-order valence-electron chi connectivity index (χ3n) is 4.23. The van der Waals surface area contributed by atoms with Crippen molar-refractivity contribution in [1.29, 1.82) is 0 Å². The zero-order valence-corrected chi connectivity index (χ0v) is 14.9. The number of ether oxygens (including phenoxy) is 2. The van der Waals surface area contributed by atoms with E-state index in [0.29, 0.717) is 18.8 Å². The van der Waals surface area contributed by atoms with E-state index in [1.807, 2.05) is 36.1 Å². The van der Waals surface area contributed by atoms with Gasteiger partial charge >= 0.3 is 6.09 Å². The minimum absolute atomic E-state index is 0.0507. The van der Waals surface area contributed by atoms with Gasteiger partial charge in [0, 0.05) is 32.2 Å². The standard InChI is InChI=1S/C18H27N3O4/c1-14(19-9-10-20-18(23)24-2)15-5-7-16(8-6-15)25-13-17(22)21-11-3-4-12-21/h5-8,14,19H,3-4,9-13H2,1-2H3,(H,20,23). The zero-order chi connectivity index (χ0) is 18.1. The largest absolute Gasteiger partial charge is 0.484 e. The van der Waals surface area contributed by atoms with E-state index in [9.17, 15) is 9.59 Å². The van der Waals surface area contributed by atoms with Gasteiger partial charge in [0.05, 0.1) is 7.11 Å². The topological polar surface area (TPSA) is 79.9 Å². The van der Waals surface area contributed by atoms with Crippen molar-refractivity contribution in [1.82, 2.24) is 15.5 Å². The van der Waals surface area contributed by atoms with Crippen molar-refractivity contribution in [3.8, 4) is 5.75 Å². The second kappa shape index (κ2) is 9.88. The second-order valence-electron chi connectivity index (χ2n) is 6.04. The Bertz CT molecular complexity index is 556. The Kier molecular flexibility index (Phi) is 7.53. The van der Waals surface area contributed by atoms with Crippen LogP contribution in [0.1, 0.15) is 31.4 Å². The van der Waals surface area contributed by atoms with Gasteiger partial charge in [0.2, 0.25) is 0 Å². The molecular weight excluding hydrogens is 322 g/mol. The Balaban J connectivity index is 1.71. The van der Waals surface area contributed by atoms with Crippen LogP contribution in [0.3, 0.4) is 0 Å². The Labute approximate surface area is 148 Å². The summed E-state index contributed by atoms with van der Waals surface area (Å²) in [5, 5.41) is 5.93. The number of carbonyl (C=O) groups is 2. The molecule has 1 aliphatic heterocycles. The van der Waals surface area contributed by atoms with Gasteiger partial charge in [0.1, 0.15) is 5.75 Å². The SMILES string of the molecule is COC(=O)NCCNC(C)c1ccc(OCC(=O)N2CCCC2)cc1. The molecule has 1 aromatic carbocycles. The fraction of sp³-hybridized carbons (Fsp3) is 0.556. The number of likely N-dealkylation sites (tertiary alicyclic amines) is 1. The van der Waals surface area contributed by atoms with E-state index < -0.39 is 6.09 Å². The first-order chi connectivity index (χ1) is 12.1. The van der Waals surface area contributed by atoms with Crippen LogP contribution in [0.15, 0.2) is 24.3 Å². The Hall–Kier alpha value is -2.28. The van der Waals surface area contributed by atoms with Gasteiger partial charge in [-0.2, -0.15) is 0 Å². The number of hydrogen-bond acceptors (Lipinski definition) is 5. The maximum Gasteiger partial charge on any atom is 0.406 e. The van der Waals surface area contributed by atoms with Crippen molar-refractivity contribution >= 4 is 12.0 Å². The molecule has 138 valence electrons. The first-order valence-electron chi connectivity index (χ1n) is 8.66. The molecular formula is C18H27N3O4. The molecule has 1 unspecified atom stereocenters. The van der Waals surface area contributed by atoms with Crippen molar-refractivity contribution in [2.24, 2.45) is 0 Å². The summed E-state index contributed by atoms with van der Waals surface area (Å²) in [4.78, 5) is 24.8. The molecule has 25 heavy (non-hydrogen) atoms. The molecule has 1 aliphatic rings. The highest BCUT2D eigenvalue weighted by atomic mass is 16.5. The Morgan fingerprint density at radius 2 is 1.84 bits per heavy atom. The lowest BCUT2D eigenvalue weighted by Gasteiger charge is -2.17. The Morgan fingerprint density at radius 1 is 1.16 bits per heavy atom. The smallest absolute Gasteiger partial charge is 0.406 e. The highest BCUT2D eigenvalue weighted by Gasteiger charge is 2.18. The molecule has 1 fully saturated rings. The highest BCUT2D eigenvalue weighted by Crippen LogP contribution is 2.18. The molecule has 2 rings (SSSR count). The molecule has 7 heteroatoms. The van der Waals surface area contributed by atoms with E-state index in [4.69, 9.17) is 4.74 Å². The molecule has 1 saturated heterocycles. The summed E-state index contributed by atoms with van der Waals surface area (Å²) in [5.41, 5.74) is 1.11. The number of amides is 2. The van der Waals surface area contributed by atoms with Crippen molar-refractivity contribution in [3.05, 3.63) is 29.8 Å². The highest BCUT2D eigenvalue weighted by molar-refractivity contribution is 5.78. The number of nitrogens with zero attached hydrogens (tertiary/aromatic N) is 1. The summed E-state index contributed by atoms with van der Waals surface area (Å²) in [6, 6.07) is 7.83. The van der Waals surface area contributed by atoms with Gasteiger partial charge in [-0.15, -0.1) is 0 Å². The molecule has 1 heterocycles. The molecule has 0 bridgehead atoms. The average molecular weight is 349 g/mol. The third kappa shape index (κ3) is 6.26. The van der Waals surface area contributed by atoms with E-state index in [2.05, 4.69) is 15.4 Å². The molecule has 2 N–H and O–H groups in total. The number of carbonyl (C=O) groups excluding carboxylic acids is 2. The molecule has 0 aromatic heterocycles. The van der Waals surface area contributed by atoms with Crippen LogP contribution >= 0.6 is 0 Å². The van der Waals surface area contributed by atoms with Gasteiger partial charge < -0.3 is 25.0 Å². The van der Waals surface area contributed by atoms with Crippen LogP contribution < -0.4 is 15.4 Å². The third-order valence-corrected chi connectivity index (χ3v) is 4.23. The van der Waals surface area contributed by atoms with Crippen molar-refractivity contribution in [2.45, 2.75) is 25.8 Å². The lowest BCUT2D eigenvalue weighted by Crippen LogP contribution is -2.32. The summed E-state index contributed by atoms with van der Waals surface area (Å²) >= 11 is 0. The normalized spacial score (nSPS) is 14.9. The summed E-state index contributed by atoms with van der Waals surface area (Å²) in [5.74, 6) is 0.741. The van der Waals surface area contributed by atoms with Gasteiger partial charge in [-0.1, -0.05) is 12.1 Å². The fourth-order valence-corrected chi connectivity index (χ4v) is 2.70. The summed E-state index contributed by atoms with van der Waals surface area (Å²) < 4.78 is 10.1. The number of hydrogen-bond donors (Lipinski definition) is 2. The Morgan fingerprint density at radius 3 is 2.48 bits per heavy atom. The van der Waals surface area contributed by atoms with Gasteiger partial charge in [0.15, 0.2) is 6.61 Å². The number of rotatable bonds is 8. The van der Waals surface area contributed by atoms with Crippen molar-refractivity contribution in [2.75, 3.05) is 39.9 Å². The monoisotopic (exact) mass is 349 g/mol. The quantitative estimate of drug-likeness (QED) is 0.698. The first-order valence-corrected chi connectivity index (χ1v) is 8.66. The summed E-state index contributed by atoms with van der Waals surface area (Å²) in [6.45, 7) is 4.96. The predicted octanol–water partition coefficient (Wildman–Crippen LogP) is 1.69. The zero-order valence-electron chi connectivity index (χ0n) is 14.9. The minimum atomic E-state index is -0.431. The van der Waals surface area contributed by atoms with Crippen LogP contribution in [0.25, 0.3) is 0 Å². The van der Waals surface area contributed by atoms with E-state index in [0.717, 1.165) is 31.5 Å². The second-order valence-corrected chi connectivity index (χ2v) is 6.04. The number of benzene rings is 1. The number of nitrogens with one attached hydrogen (secondary N) is 2. The van der Waals surface area contributed by atoms with E-state index >= 15 is 0 Å². The van der Waals surface area contributed by atoms with Gasteiger partial charge in [-0.25, -0.2) is 4.79 Å². The lowest BCUT2D eigenvalue weighted by molar-refractivity contribution is -0.132. The predicted molar refractivity (Wildman–Crippen MR) is 94.6 cm³/mol. The molecule has 2 amide bonds. The van der Waals surface area contributed by atoms with Crippen LogP contribution in [-0.4, -0.2) is 56.8 Å². The molecule has 1 atom stereocenters. The van der Waals surface area contributed by atoms with Crippen LogP contribution in [0.5, 0.6) is 5.75 Å². The number of alkyl carbamates (subject to hydrolysis) is 1. The van der Waals surface area contributed by atoms with Gasteiger partial charge in [-0.3, -0.25) is 4.79 Å². The molecule has 7 nitrogen and oxygen atoms in total. The maximum atomic E-state index is 12.0. The molecule has 0 radical (unpaired) electrons. The summed E-state index contributed by atoms with van der Waals surface area (Å²) in [7, 11) is 1.34. The van der Waals surface area contributed by atoms with Gasteiger partial charge in [0.25, 0.3) is 5.91 Å². The van der Waals surface area contributed by atoms with E-state index in [-0.39, 0.29) is 18.6 Å². The van der Waals surface area contributed by atoms with E-state index in [1.165, 1.54) is 7.11 Å². The molecule has 1 aromatic rings. The van der Waals surface area contributed by atoms with E-state index in [1.54, 1.807) is 0 Å². The van der Waals surface area contributed by atoms with Crippen molar-refractivity contribution < 1.29 is 19.1 Å². The van der Waals surface area contributed by atoms with Crippen LogP contribution in [-0.2, 0) is 9.53 Å². The molecule has 0 spiro atoms.